The molecule has 0 bridgehead atoms. The average molecular weight is 304 g/mol. The maximum Gasteiger partial charge on any atom is 0.337 e. The Morgan fingerprint density at radius 2 is 2.00 bits per heavy atom. The van der Waals surface area contributed by atoms with Gasteiger partial charge >= 0.3 is 5.97 Å². The third-order valence-electron chi connectivity index (χ3n) is 2.48. The molecular formula is C11H16N2O6S. The molecule has 5 N–H and O–H groups in total. The highest BCUT2D eigenvalue weighted by atomic mass is 32.2. The van der Waals surface area contributed by atoms with E-state index in [0.29, 0.717) is 0 Å². The molecule has 0 heterocycles. The Kier molecular flexibility index (Phi) is 5.45. The van der Waals surface area contributed by atoms with Crippen LogP contribution < -0.4 is 10.5 Å². The van der Waals surface area contributed by atoms with Gasteiger partial charge in [0, 0.05) is 0 Å². The van der Waals surface area contributed by atoms with Crippen molar-refractivity contribution in [1.82, 2.24) is 4.72 Å². The van der Waals surface area contributed by atoms with Crippen LogP contribution in [0.1, 0.15) is 10.4 Å². The molecule has 0 aliphatic carbocycles. The van der Waals surface area contributed by atoms with E-state index in [9.17, 15) is 13.2 Å². The van der Waals surface area contributed by atoms with Crippen molar-refractivity contribution < 1.29 is 28.2 Å². The number of hydrogen-bond donors (Lipinski definition) is 4. The van der Waals surface area contributed by atoms with Crippen LogP contribution in [0.15, 0.2) is 23.1 Å². The summed E-state index contributed by atoms with van der Waals surface area (Å²) in [4.78, 5) is 11.0. The van der Waals surface area contributed by atoms with Crippen molar-refractivity contribution in [3.63, 3.8) is 0 Å². The number of nitrogen functional groups attached to an aromatic ring is 1. The van der Waals surface area contributed by atoms with E-state index in [1.54, 1.807) is 0 Å². The quantitative estimate of drug-likeness (QED) is 0.378. The summed E-state index contributed by atoms with van der Waals surface area (Å²) in [7, 11) is -2.82. The molecule has 0 saturated carbocycles. The van der Waals surface area contributed by atoms with Gasteiger partial charge < -0.3 is 20.7 Å². The fourth-order valence-corrected chi connectivity index (χ4v) is 2.78. The van der Waals surface area contributed by atoms with Gasteiger partial charge in [0.15, 0.2) is 0 Å². The first-order valence-corrected chi connectivity index (χ1v) is 7.06. The molecule has 1 rings (SSSR count). The highest BCUT2D eigenvalue weighted by Crippen LogP contribution is 2.20. The van der Waals surface area contributed by atoms with Crippen LogP contribution in [0.4, 0.5) is 5.69 Å². The maximum absolute atomic E-state index is 12.0. The summed E-state index contributed by atoms with van der Waals surface area (Å²) in [5.74, 6) is -0.641. The second kappa shape index (κ2) is 6.66. The SMILES string of the molecule is COC(=O)c1ccc(S(=O)(=O)NC(CO)CO)c(N)c1. The molecule has 8 nitrogen and oxygen atoms in total. The molecular weight excluding hydrogens is 288 g/mol. The predicted molar refractivity (Wildman–Crippen MR) is 70.5 cm³/mol. The van der Waals surface area contributed by atoms with Gasteiger partial charge in [0.1, 0.15) is 4.90 Å². The number of hydrogen-bond acceptors (Lipinski definition) is 7. The van der Waals surface area contributed by atoms with Crippen LogP contribution in [0.3, 0.4) is 0 Å². The molecule has 0 saturated heterocycles. The van der Waals surface area contributed by atoms with Crippen LogP contribution in [-0.2, 0) is 14.8 Å². The minimum Gasteiger partial charge on any atom is -0.465 e. The Morgan fingerprint density at radius 1 is 1.40 bits per heavy atom. The number of aliphatic hydroxyl groups is 2. The van der Waals surface area contributed by atoms with E-state index in [4.69, 9.17) is 15.9 Å². The Morgan fingerprint density at radius 3 is 2.45 bits per heavy atom. The van der Waals surface area contributed by atoms with Crippen molar-refractivity contribution in [2.24, 2.45) is 0 Å². The van der Waals surface area contributed by atoms with Gasteiger partial charge in [0.05, 0.1) is 37.6 Å². The Hall–Kier alpha value is -1.68. The summed E-state index contributed by atoms with van der Waals surface area (Å²) in [6.45, 7) is -1.12. The Bertz CT molecular complexity index is 583. The first-order valence-electron chi connectivity index (χ1n) is 5.57. The predicted octanol–water partition coefficient (Wildman–Crippen LogP) is -1.31. The number of nitrogens with two attached hydrogens (primary N) is 1. The van der Waals surface area contributed by atoms with Crippen molar-refractivity contribution >= 4 is 21.7 Å². The van der Waals surface area contributed by atoms with Crippen LogP contribution in [0, 0.1) is 0 Å². The van der Waals surface area contributed by atoms with Gasteiger partial charge in [-0.25, -0.2) is 17.9 Å². The monoisotopic (exact) mass is 304 g/mol. The summed E-state index contributed by atoms with van der Waals surface area (Å²) in [6, 6.07) is 2.55. The number of sulfonamides is 1. The molecule has 0 spiro atoms. The molecule has 0 aliphatic rings. The summed E-state index contributed by atoms with van der Waals surface area (Å²) in [6.07, 6.45) is 0. The third-order valence-corrected chi connectivity index (χ3v) is 4.08. The first kappa shape index (κ1) is 16.4. The van der Waals surface area contributed by atoms with Gasteiger partial charge in [-0.2, -0.15) is 0 Å². The van der Waals surface area contributed by atoms with Gasteiger partial charge in [-0.15, -0.1) is 0 Å². The molecule has 0 radical (unpaired) electrons. The number of carbonyl (C=O) groups is 1. The zero-order valence-electron chi connectivity index (χ0n) is 10.7. The lowest BCUT2D eigenvalue weighted by Gasteiger charge is -2.15. The number of rotatable bonds is 6. The van der Waals surface area contributed by atoms with E-state index in [1.165, 1.54) is 19.2 Å². The Labute approximate surface area is 116 Å². The molecule has 0 amide bonds. The molecule has 0 fully saturated rings. The highest BCUT2D eigenvalue weighted by molar-refractivity contribution is 7.89. The summed E-state index contributed by atoms with van der Waals surface area (Å²) in [5.41, 5.74) is 5.58. The molecule has 1 aromatic rings. The molecule has 0 atom stereocenters. The van der Waals surface area contributed by atoms with Gasteiger partial charge in [-0.1, -0.05) is 0 Å². The molecule has 1 aromatic carbocycles. The van der Waals surface area contributed by atoms with Crippen LogP contribution in [0.25, 0.3) is 0 Å². The van der Waals surface area contributed by atoms with Crippen LogP contribution in [0.5, 0.6) is 0 Å². The first-order chi connectivity index (χ1) is 9.35. The van der Waals surface area contributed by atoms with E-state index in [0.717, 1.165) is 6.07 Å². The lowest BCUT2D eigenvalue weighted by atomic mass is 10.2. The fraction of sp³-hybridized carbons (Fsp3) is 0.364. The number of esters is 1. The van der Waals surface area contributed by atoms with Crippen molar-refractivity contribution in [3.8, 4) is 0 Å². The summed E-state index contributed by atoms with van der Waals surface area (Å²) in [5, 5.41) is 17.7. The lowest BCUT2D eigenvalue weighted by Crippen LogP contribution is -2.40. The van der Waals surface area contributed by atoms with Crippen molar-refractivity contribution in [1.29, 1.82) is 0 Å². The smallest absolute Gasteiger partial charge is 0.337 e. The Balaban J connectivity index is 3.11. The maximum atomic E-state index is 12.0. The zero-order chi connectivity index (χ0) is 15.3. The van der Waals surface area contributed by atoms with Gasteiger partial charge in [-0.3, -0.25) is 0 Å². The second-order valence-electron chi connectivity index (χ2n) is 3.93. The lowest BCUT2D eigenvalue weighted by molar-refractivity contribution is 0.0600. The zero-order valence-corrected chi connectivity index (χ0v) is 11.6. The van der Waals surface area contributed by atoms with E-state index in [-0.39, 0.29) is 16.1 Å². The summed E-state index contributed by atoms with van der Waals surface area (Å²) < 4.78 is 30.6. The minimum absolute atomic E-state index is 0.116. The van der Waals surface area contributed by atoms with E-state index in [2.05, 4.69) is 9.46 Å². The number of benzene rings is 1. The van der Waals surface area contributed by atoms with Crippen LogP contribution >= 0.6 is 0 Å². The standard InChI is InChI=1S/C11H16N2O6S/c1-19-11(16)7-2-3-10(9(12)4-7)20(17,18)13-8(5-14)6-15/h2-4,8,13-15H,5-6,12H2,1H3. The van der Waals surface area contributed by atoms with Gasteiger partial charge in [-0.05, 0) is 18.2 Å². The molecule has 0 aliphatic heterocycles. The van der Waals surface area contributed by atoms with Crippen molar-refractivity contribution in [2.75, 3.05) is 26.1 Å². The minimum atomic E-state index is -4.01. The van der Waals surface area contributed by atoms with Crippen LogP contribution in [-0.4, -0.2) is 51.0 Å². The molecule has 0 unspecified atom stereocenters. The van der Waals surface area contributed by atoms with Crippen molar-refractivity contribution in [3.05, 3.63) is 23.8 Å². The summed E-state index contributed by atoms with van der Waals surface area (Å²) >= 11 is 0. The van der Waals surface area contributed by atoms with E-state index < -0.39 is 35.2 Å². The van der Waals surface area contributed by atoms with Gasteiger partial charge in [0.2, 0.25) is 10.0 Å². The normalized spacial score (nSPS) is 11.6. The number of methoxy groups -OCH3 is 1. The topological polar surface area (TPSA) is 139 Å². The number of ether oxygens (including phenoxy) is 1. The molecule has 20 heavy (non-hydrogen) atoms. The average Bonchev–Trinajstić information content (AvgIpc) is 2.43. The van der Waals surface area contributed by atoms with E-state index in [1.807, 2.05) is 0 Å². The second-order valence-corrected chi connectivity index (χ2v) is 5.61. The van der Waals surface area contributed by atoms with Gasteiger partial charge in [0.25, 0.3) is 0 Å². The fourth-order valence-electron chi connectivity index (χ4n) is 1.45. The molecule has 9 heteroatoms. The third kappa shape index (κ3) is 3.67. The van der Waals surface area contributed by atoms with Crippen molar-refractivity contribution in [2.45, 2.75) is 10.9 Å². The van der Waals surface area contributed by atoms with Crippen LogP contribution in [0.2, 0.25) is 0 Å². The number of nitrogens with one attached hydrogen (secondary N) is 1. The largest absolute Gasteiger partial charge is 0.465 e. The highest BCUT2D eigenvalue weighted by Gasteiger charge is 2.22. The number of anilines is 1. The molecule has 112 valence electrons. The number of carbonyl (C=O) groups excluding carboxylic acids is 1. The number of aliphatic hydroxyl groups excluding tert-OH is 2. The van der Waals surface area contributed by atoms with E-state index >= 15 is 0 Å². The molecule has 0 aromatic heterocycles.